The molecule has 0 amide bonds. The van der Waals surface area contributed by atoms with Crippen LogP contribution in [-0.4, -0.2) is 48.8 Å². The van der Waals surface area contributed by atoms with Crippen molar-refractivity contribution in [3.63, 3.8) is 0 Å². The van der Waals surface area contributed by atoms with Gasteiger partial charge in [-0.2, -0.15) is 0 Å². The Bertz CT molecular complexity index is 243. The van der Waals surface area contributed by atoms with E-state index in [1.54, 1.807) is 0 Å². The summed E-state index contributed by atoms with van der Waals surface area (Å²) in [7, 11) is 0. The molecule has 0 bridgehead atoms. The first-order valence-electron chi connectivity index (χ1n) is 8.32. The van der Waals surface area contributed by atoms with Gasteiger partial charge in [0.15, 0.2) is 0 Å². The molecule has 2 saturated heterocycles. The normalized spacial score (nSPS) is 36.6. The first-order chi connectivity index (χ1) is 9.19. The lowest BCUT2D eigenvalue weighted by molar-refractivity contribution is -0.0666. The second kappa shape index (κ2) is 7.61. The third-order valence-electron chi connectivity index (χ3n) is 4.57. The highest BCUT2D eigenvalue weighted by atomic mass is 16.5. The molecule has 3 nitrogen and oxygen atoms in total. The van der Waals surface area contributed by atoms with Crippen molar-refractivity contribution in [3.05, 3.63) is 0 Å². The molecule has 2 aliphatic rings. The van der Waals surface area contributed by atoms with Gasteiger partial charge in [-0.1, -0.05) is 13.3 Å². The highest BCUT2D eigenvalue weighted by Gasteiger charge is 2.30. The Labute approximate surface area is 119 Å². The minimum atomic E-state index is 0.424. The van der Waals surface area contributed by atoms with Crippen molar-refractivity contribution in [1.82, 2.24) is 10.2 Å². The van der Waals surface area contributed by atoms with E-state index < -0.39 is 0 Å². The Balaban J connectivity index is 1.89. The molecular formula is C16H32N2O. The van der Waals surface area contributed by atoms with Gasteiger partial charge >= 0.3 is 0 Å². The summed E-state index contributed by atoms with van der Waals surface area (Å²) in [6.45, 7) is 10.4. The number of ether oxygens (including phenoxy) is 1. The van der Waals surface area contributed by atoms with Crippen LogP contribution in [0, 0.1) is 0 Å². The van der Waals surface area contributed by atoms with Gasteiger partial charge in [-0.05, 0) is 59.0 Å². The molecule has 3 heteroatoms. The van der Waals surface area contributed by atoms with Crippen molar-refractivity contribution >= 4 is 0 Å². The third kappa shape index (κ3) is 4.73. The maximum Gasteiger partial charge on any atom is 0.0565 e. The average molecular weight is 268 g/mol. The molecule has 19 heavy (non-hydrogen) atoms. The molecule has 0 saturated carbocycles. The number of hydrogen-bond donors (Lipinski definition) is 1. The van der Waals surface area contributed by atoms with Gasteiger partial charge in [0.1, 0.15) is 0 Å². The summed E-state index contributed by atoms with van der Waals surface area (Å²) < 4.78 is 5.89. The summed E-state index contributed by atoms with van der Waals surface area (Å²) in [5.41, 5.74) is 0. The van der Waals surface area contributed by atoms with Crippen LogP contribution >= 0.6 is 0 Å². The standard InChI is InChI=1S/C16H32N2O/c1-4-9-18(12-15-7-5-6-8-17-15)16-10-13(2)19-14(3)11-16/h13-17H,4-12H2,1-3H3. The molecule has 0 aliphatic carbocycles. The largest absolute Gasteiger partial charge is 0.375 e. The molecule has 0 aromatic heterocycles. The molecule has 2 heterocycles. The topological polar surface area (TPSA) is 24.5 Å². The second-order valence-electron chi connectivity index (χ2n) is 6.52. The van der Waals surface area contributed by atoms with Crippen molar-refractivity contribution < 1.29 is 4.74 Å². The van der Waals surface area contributed by atoms with Crippen molar-refractivity contribution in [2.75, 3.05) is 19.6 Å². The summed E-state index contributed by atoms with van der Waals surface area (Å²) in [5.74, 6) is 0. The number of hydrogen-bond acceptors (Lipinski definition) is 3. The molecule has 2 rings (SSSR count). The molecule has 0 spiro atoms. The van der Waals surface area contributed by atoms with Gasteiger partial charge in [0.05, 0.1) is 12.2 Å². The van der Waals surface area contributed by atoms with E-state index in [4.69, 9.17) is 4.74 Å². The Morgan fingerprint density at radius 1 is 1.16 bits per heavy atom. The van der Waals surface area contributed by atoms with Crippen LogP contribution in [0.15, 0.2) is 0 Å². The first kappa shape index (κ1) is 15.3. The van der Waals surface area contributed by atoms with E-state index in [1.165, 1.54) is 58.2 Å². The summed E-state index contributed by atoms with van der Waals surface area (Å²) in [6, 6.07) is 1.44. The minimum Gasteiger partial charge on any atom is -0.375 e. The fourth-order valence-electron chi connectivity index (χ4n) is 3.74. The molecule has 0 radical (unpaired) electrons. The highest BCUT2D eigenvalue weighted by molar-refractivity contribution is 4.85. The molecule has 3 unspecified atom stereocenters. The van der Waals surface area contributed by atoms with Crippen LogP contribution in [0.1, 0.15) is 59.3 Å². The minimum absolute atomic E-state index is 0.424. The van der Waals surface area contributed by atoms with E-state index in [-0.39, 0.29) is 0 Å². The van der Waals surface area contributed by atoms with E-state index in [1.807, 2.05) is 0 Å². The van der Waals surface area contributed by atoms with Gasteiger partial charge in [0.2, 0.25) is 0 Å². The quantitative estimate of drug-likeness (QED) is 0.830. The van der Waals surface area contributed by atoms with Gasteiger partial charge < -0.3 is 10.1 Å². The zero-order valence-corrected chi connectivity index (χ0v) is 13.0. The van der Waals surface area contributed by atoms with Gasteiger partial charge in [0.25, 0.3) is 0 Å². The summed E-state index contributed by atoms with van der Waals surface area (Å²) in [4.78, 5) is 2.73. The lowest BCUT2D eigenvalue weighted by atomic mass is 9.96. The van der Waals surface area contributed by atoms with Crippen LogP contribution in [-0.2, 0) is 4.74 Å². The zero-order chi connectivity index (χ0) is 13.7. The van der Waals surface area contributed by atoms with E-state index in [9.17, 15) is 0 Å². The smallest absolute Gasteiger partial charge is 0.0565 e. The molecule has 1 N–H and O–H groups in total. The van der Waals surface area contributed by atoms with Gasteiger partial charge in [-0.3, -0.25) is 4.90 Å². The number of rotatable bonds is 5. The average Bonchev–Trinajstić information content (AvgIpc) is 2.38. The van der Waals surface area contributed by atoms with Crippen LogP contribution in [0.2, 0.25) is 0 Å². The van der Waals surface area contributed by atoms with Gasteiger partial charge in [-0.15, -0.1) is 0 Å². The molecule has 3 atom stereocenters. The summed E-state index contributed by atoms with van der Waals surface area (Å²) in [5, 5.41) is 3.70. The molecule has 0 aromatic carbocycles. The Morgan fingerprint density at radius 2 is 1.89 bits per heavy atom. The SMILES string of the molecule is CCCN(CC1CCCCN1)C1CC(C)OC(C)C1. The fourth-order valence-corrected chi connectivity index (χ4v) is 3.74. The van der Waals surface area contributed by atoms with E-state index in [0.717, 1.165) is 6.04 Å². The van der Waals surface area contributed by atoms with Crippen LogP contribution in [0.5, 0.6) is 0 Å². The monoisotopic (exact) mass is 268 g/mol. The molecule has 2 fully saturated rings. The first-order valence-corrected chi connectivity index (χ1v) is 8.32. The number of nitrogens with zero attached hydrogens (tertiary/aromatic N) is 1. The predicted octanol–water partition coefficient (Wildman–Crippen LogP) is 2.80. The highest BCUT2D eigenvalue weighted by Crippen LogP contribution is 2.24. The lowest BCUT2D eigenvalue weighted by Crippen LogP contribution is -2.50. The second-order valence-corrected chi connectivity index (χ2v) is 6.52. The molecular weight excluding hydrogens is 236 g/mol. The number of nitrogens with one attached hydrogen (secondary N) is 1. The van der Waals surface area contributed by atoms with E-state index >= 15 is 0 Å². The third-order valence-corrected chi connectivity index (χ3v) is 4.57. The number of piperidine rings is 1. The van der Waals surface area contributed by atoms with E-state index in [2.05, 4.69) is 31.0 Å². The van der Waals surface area contributed by atoms with Crippen molar-refractivity contribution in [1.29, 1.82) is 0 Å². The maximum absolute atomic E-state index is 5.89. The molecule has 112 valence electrons. The van der Waals surface area contributed by atoms with Crippen molar-refractivity contribution in [2.45, 2.75) is 83.6 Å². The predicted molar refractivity (Wildman–Crippen MR) is 80.5 cm³/mol. The lowest BCUT2D eigenvalue weighted by Gasteiger charge is -2.41. The van der Waals surface area contributed by atoms with Crippen LogP contribution in [0.3, 0.4) is 0 Å². The zero-order valence-electron chi connectivity index (χ0n) is 13.0. The van der Waals surface area contributed by atoms with Crippen LogP contribution < -0.4 is 5.32 Å². The Hall–Kier alpha value is -0.120. The summed E-state index contributed by atoms with van der Waals surface area (Å²) in [6.07, 6.45) is 8.63. The molecule has 0 aromatic rings. The van der Waals surface area contributed by atoms with Crippen LogP contribution in [0.4, 0.5) is 0 Å². The fraction of sp³-hybridized carbons (Fsp3) is 1.00. The van der Waals surface area contributed by atoms with Crippen molar-refractivity contribution in [2.24, 2.45) is 0 Å². The maximum atomic E-state index is 5.89. The Morgan fingerprint density at radius 3 is 2.47 bits per heavy atom. The van der Waals surface area contributed by atoms with Crippen LogP contribution in [0.25, 0.3) is 0 Å². The Kier molecular flexibility index (Phi) is 6.11. The van der Waals surface area contributed by atoms with Crippen molar-refractivity contribution in [3.8, 4) is 0 Å². The molecule has 2 aliphatic heterocycles. The summed E-state index contributed by atoms with van der Waals surface area (Å²) >= 11 is 0. The van der Waals surface area contributed by atoms with Gasteiger partial charge in [0, 0.05) is 18.6 Å². The van der Waals surface area contributed by atoms with E-state index in [0.29, 0.717) is 18.2 Å². The van der Waals surface area contributed by atoms with Gasteiger partial charge in [-0.25, -0.2) is 0 Å².